The van der Waals surface area contributed by atoms with Crippen molar-refractivity contribution in [2.75, 3.05) is 19.6 Å². The lowest BCUT2D eigenvalue weighted by atomic mass is 10.0. The predicted octanol–water partition coefficient (Wildman–Crippen LogP) is 1.99. The van der Waals surface area contributed by atoms with Crippen molar-refractivity contribution in [3.8, 4) is 0 Å². The van der Waals surface area contributed by atoms with E-state index in [1.54, 1.807) is 6.20 Å². The first-order valence-corrected chi connectivity index (χ1v) is 7.17. The van der Waals surface area contributed by atoms with E-state index in [1.165, 1.54) is 0 Å². The molecule has 1 saturated heterocycles. The van der Waals surface area contributed by atoms with Gasteiger partial charge in [-0.05, 0) is 51.4 Å². The molecule has 0 aromatic carbocycles. The Labute approximate surface area is 115 Å². The molecule has 0 aliphatic carbocycles. The number of carbonyl (C=O) groups is 1. The van der Waals surface area contributed by atoms with Crippen LogP contribution in [-0.4, -0.2) is 41.5 Å². The molecule has 0 atom stereocenters. The third kappa shape index (κ3) is 3.32. The van der Waals surface area contributed by atoms with Crippen LogP contribution in [-0.2, 0) is 0 Å². The molecule has 0 unspecified atom stereocenters. The van der Waals surface area contributed by atoms with E-state index in [0.717, 1.165) is 50.2 Å². The standard InChI is InChI=1S/C15H23N3O/c1-3-11-18(13-6-9-16-10-7-13)15(19)14-5-4-8-17-12(14)2/h4-5,8,13,16H,3,6-7,9-11H2,1-2H3. The van der Waals surface area contributed by atoms with E-state index in [0.29, 0.717) is 6.04 Å². The number of carbonyl (C=O) groups excluding carboxylic acids is 1. The van der Waals surface area contributed by atoms with Crippen LogP contribution in [0.3, 0.4) is 0 Å². The second-order valence-electron chi connectivity index (χ2n) is 5.12. The normalized spacial score (nSPS) is 16.3. The first-order chi connectivity index (χ1) is 9.24. The molecule has 2 heterocycles. The highest BCUT2D eigenvalue weighted by Crippen LogP contribution is 2.17. The average Bonchev–Trinajstić information content (AvgIpc) is 2.45. The molecule has 4 heteroatoms. The van der Waals surface area contributed by atoms with Crippen molar-refractivity contribution in [2.24, 2.45) is 0 Å². The van der Waals surface area contributed by atoms with Gasteiger partial charge in [0, 0.05) is 24.5 Å². The molecule has 19 heavy (non-hydrogen) atoms. The van der Waals surface area contributed by atoms with Gasteiger partial charge in [0.1, 0.15) is 0 Å². The Morgan fingerprint density at radius 1 is 1.47 bits per heavy atom. The van der Waals surface area contributed by atoms with E-state index in [2.05, 4.69) is 17.2 Å². The van der Waals surface area contributed by atoms with Crippen LogP contribution in [0.2, 0.25) is 0 Å². The highest BCUT2D eigenvalue weighted by Gasteiger charge is 2.26. The third-order valence-electron chi connectivity index (χ3n) is 3.71. The lowest BCUT2D eigenvalue weighted by Crippen LogP contribution is -2.46. The minimum absolute atomic E-state index is 0.138. The van der Waals surface area contributed by atoms with Gasteiger partial charge in [-0.3, -0.25) is 9.78 Å². The van der Waals surface area contributed by atoms with E-state index in [1.807, 2.05) is 24.0 Å². The number of hydrogen-bond donors (Lipinski definition) is 1. The van der Waals surface area contributed by atoms with E-state index >= 15 is 0 Å². The topological polar surface area (TPSA) is 45.2 Å². The monoisotopic (exact) mass is 261 g/mol. The lowest BCUT2D eigenvalue weighted by Gasteiger charge is -2.34. The fraction of sp³-hybridized carbons (Fsp3) is 0.600. The fourth-order valence-corrected chi connectivity index (χ4v) is 2.67. The molecule has 2 rings (SSSR count). The van der Waals surface area contributed by atoms with Crippen molar-refractivity contribution < 1.29 is 4.79 Å². The van der Waals surface area contributed by atoms with Crippen LogP contribution < -0.4 is 5.32 Å². The smallest absolute Gasteiger partial charge is 0.255 e. The first-order valence-electron chi connectivity index (χ1n) is 7.17. The number of piperidine rings is 1. The molecule has 4 nitrogen and oxygen atoms in total. The molecule has 1 fully saturated rings. The van der Waals surface area contributed by atoms with Crippen LogP contribution in [0, 0.1) is 6.92 Å². The van der Waals surface area contributed by atoms with Gasteiger partial charge in [0.15, 0.2) is 0 Å². The Hall–Kier alpha value is -1.42. The number of aromatic nitrogens is 1. The maximum atomic E-state index is 12.7. The van der Waals surface area contributed by atoms with Gasteiger partial charge < -0.3 is 10.2 Å². The summed E-state index contributed by atoms with van der Waals surface area (Å²) in [6.45, 7) is 6.86. The molecular formula is C15H23N3O. The zero-order valence-electron chi connectivity index (χ0n) is 11.9. The third-order valence-corrected chi connectivity index (χ3v) is 3.71. The molecule has 1 aromatic heterocycles. The Bertz CT molecular complexity index is 427. The summed E-state index contributed by atoms with van der Waals surface area (Å²) in [7, 11) is 0. The van der Waals surface area contributed by atoms with Gasteiger partial charge in [0.2, 0.25) is 0 Å². The Morgan fingerprint density at radius 3 is 2.84 bits per heavy atom. The molecule has 0 saturated carbocycles. The Balaban J connectivity index is 2.18. The minimum Gasteiger partial charge on any atom is -0.336 e. The molecule has 104 valence electrons. The summed E-state index contributed by atoms with van der Waals surface area (Å²) in [5, 5.41) is 3.35. The summed E-state index contributed by atoms with van der Waals surface area (Å²) in [6.07, 6.45) is 4.83. The van der Waals surface area contributed by atoms with Crippen molar-refractivity contribution in [3.63, 3.8) is 0 Å². The quantitative estimate of drug-likeness (QED) is 0.901. The average molecular weight is 261 g/mol. The summed E-state index contributed by atoms with van der Waals surface area (Å²) >= 11 is 0. The summed E-state index contributed by atoms with van der Waals surface area (Å²) in [5.74, 6) is 0.138. The number of rotatable bonds is 4. The van der Waals surface area contributed by atoms with Gasteiger partial charge in [0.05, 0.1) is 5.56 Å². The maximum Gasteiger partial charge on any atom is 0.255 e. The maximum absolute atomic E-state index is 12.7. The molecule has 0 radical (unpaired) electrons. The highest BCUT2D eigenvalue weighted by atomic mass is 16.2. The molecule has 1 amide bonds. The van der Waals surface area contributed by atoms with Gasteiger partial charge in [-0.25, -0.2) is 0 Å². The molecule has 0 bridgehead atoms. The summed E-state index contributed by atoms with van der Waals surface area (Å²) in [6, 6.07) is 4.09. The molecule has 1 N–H and O–H groups in total. The van der Waals surface area contributed by atoms with Crippen LogP contribution in [0.5, 0.6) is 0 Å². The summed E-state index contributed by atoms with van der Waals surface area (Å²) in [4.78, 5) is 19.0. The number of nitrogens with zero attached hydrogens (tertiary/aromatic N) is 2. The van der Waals surface area contributed by atoms with Crippen LogP contribution in [0.1, 0.15) is 42.2 Å². The number of nitrogens with one attached hydrogen (secondary N) is 1. The molecule has 1 aliphatic rings. The first kappa shape index (κ1) is 14.0. The summed E-state index contributed by atoms with van der Waals surface area (Å²) < 4.78 is 0. The van der Waals surface area contributed by atoms with Crippen molar-refractivity contribution in [1.82, 2.24) is 15.2 Å². The number of aryl methyl sites for hydroxylation is 1. The van der Waals surface area contributed by atoms with E-state index < -0.39 is 0 Å². The highest BCUT2D eigenvalue weighted by molar-refractivity contribution is 5.95. The van der Waals surface area contributed by atoms with Gasteiger partial charge in [0.25, 0.3) is 5.91 Å². The lowest BCUT2D eigenvalue weighted by molar-refractivity contribution is 0.0641. The van der Waals surface area contributed by atoms with Crippen molar-refractivity contribution in [3.05, 3.63) is 29.6 Å². The van der Waals surface area contributed by atoms with Gasteiger partial charge in [-0.2, -0.15) is 0 Å². The predicted molar refractivity (Wildman–Crippen MR) is 76.2 cm³/mol. The zero-order chi connectivity index (χ0) is 13.7. The molecule has 1 aromatic rings. The SMILES string of the molecule is CCCN(C(=O)c1cccnc1C)C1CCNCC1. The van der Waals surface area contributed by atoms with Crippen LogP contribution in [0.15, 0.2) is 18.3 Å². The largest absolute Gasteiger partial charge is 0.336 e. The second kappa shape index (κ2) is 6.66. The number of hydrogen-bond acceptors (Lipinski definition) is 3. The van der Waals surface area contributed by atoms with Gasteiger partial charge in [-0.1, -0.05) is 6.92 Å². The molecule has 1 aliphatic heterocycles. The zero-order valence-corrected chi connectivity index (χ0v) is 11.9. The summed E-state index contributed by atoms with van der Waals surface area (Å²) in [5.41, 5.74) is 1.57. The van der Waals surface area contributed by atoms with Crippen LogP contribution >= 0.6 is 0 Å². The fourth-order valence-electron chi connectivity index (χ4n) is 2.67. The minimum atomic E-state index is 0.138. The van der Waals surface area contributed by atoms with Crippen molar-refractivity contribution in [1.29, 1.82) is 0 Å². The van der Waals surface area contributed by atoms with E-state index in [-0.39, 0.29) is 5.91 Å². The van der Waals surface area contributed by atoms with Crippen LogP contribution in [0.25, 0.3) is 0 Å². The van der Waals surface area contributed by atoms with Crippen molar-refractivity contribution >= 4 is 5.91 Å². The van der Waals surface area contributed by atoms with E-state index in [9.17, 15) is 4.79 Å². The van der Waals surface area contributed by atoms with Crippen LogP contribution in [0.4, 0.5) is 0 Å². The molecular weight excluding hydrogens is 238 g/mol. The Morgan fingerprint density at radius 2 is 2.21 bits per heavy atom. The van der Waals surface area contributed by atoms with Gasteiger partial charge >= 0.3 is 0 Å². The van der Waals surface area contributed by atoms with E-state index in [4.69, 9.17) is 0 Å². The number of pyridine rings is 1. The Kier molecular flexibility index (Phi) is 4.91. The van der Waals surface area contributed by atoms with Gasteiger partial charge in [-0.15, -0.1) is 0 Å². The second-order valence-corrected chi connectivity index (χ2v) is 5.12. The molecule has 0 spiro atoms. The number of amides is 1. The van der Waals surface area contributed by atoms with Crippen molar-refractivity contribution in [2.45, 2.75) is 39.2 Å².